The molecule has 2 rings (SSSR count). The topological polar surface area (TPSA) is 87.3 Å². The van der Waals surface area contributed by atoms with Crippen molar-refractivity contribution in [2.24, 2.45) is 5.84 Å². The molecule has 9 heteroatoms. The highest BCUT2D eigenvalue weighted by Crippen LogP contribution is 2.32. The molecule has 1 aromatic heterocycles. The van der Waals surface area contributed by atoms with Crippen molar-refractivity contribution in [1.82, 2.24) is 9.97 Å². The number of anilines is 2. The Bertz CT molecular complexity index is 481. The van der Waals surface area contributed by atoms with Crippen LogP contribution in [0.15, 0.2) is 6.07 Å². The van der Waals surface area contributed by atoms with Crippen LogP contribution in [-0.2, 0) is 6.18 Å². The van der Waals surface area contributed by atoms with Gasteiger partial charge in [0.2, 0.25) is 5.95 Å². The monoisotopic (exact) mass is 291 g/mol. The fourth-order valence-corrected chi connectivity index (χ4v) is 2.02. The lowest BCUT2D eigenvalue weighted by atomic mass is 9.94. The highest BCUT2D eigenvalue weighted by molar-refractivity contribution is 5.45. The zero-order valence-corrected chi connectivity index (χ0v) is 10.9. The summed E-state index contributed by atoms with van der Waals surface area (Å²) in [5, 5.41) is 9.85. The maximum Gasteiger partial charge on any atom is 0.433 e. The van der Waals surface area contributed by atoms with E-state index in [9.17, 15) is 18.3 Å². The summed E-state index contributed by atoms with van der Waals surface area (Å²) >= 11 is 0. The third-order valence-electron chi connectivity index (χ3n) is 3.30. The average Bonchev–Trinajstić information content (AvgIpc) is 2.37. The highest BCUT2D eigenvalue weighted by Gasteiger charge is 2.35. The zero-order chi connectivity index (χ0) is 15.0. The van der Waals surface area contributed by atoms with Crippen LogP contribution in [0.5, 0.6) is 0 Å². The van der Waals surface area contributed by atoms with Crippen molar-refractivity contribution in [1.29, 1.82) is 0 Å². The van der Waals surface area contributed by atoms with Crippen LogP contribution in [0.3, 0.4) is 0 Å². The molecule has 20 heavy (non-hydrogen) atoms. The normalized spacial score (nSPS) is 19.0. The van der Waals surface area contributed by atoms with E-state index in [0.717, 1.165) is 6.07 Å². The third-order valence-corrected chi connectivity index (χ3v) is 3.30. The van der Waals surface area contributed by atoms with E-state index in [1.54, 1.807) is 11.8 Å². The molecule has 0 amide bonds. The Morgan fingerprint density at radius 2 is 1.95 bits per heavy atom. The SMILES string of the molecule is CC1(O)CCN(c2cc(C(F)(F)F)nc(NN)n2)CC1. The van der Waals surface area contributed by atoms with E-state index in [-0.39, 0.29) is 11.8 Å². The van der Waals surface area contributed by atoms with Crippen LogP contribution in [-0.4, -0.2) is 33.8 Å². The van der Waals surface area contributed by atoms with Crippen LogP contribution in [0, 0.1) is 0 Å². The second-order valence-electron chi connectivity index (χ2n) is 5.06. The van der Waals surface area contributed by atoms with E-state index < -0.39 is 17.5 Å². The Kier molecular flexibility index (Phi) is 3.74. The Balaban J connectivity index is 2.28. The van der Waals surface area contributed by atoms with Gasteiger partial charge in [-0.15, -0.1) is 0 Å². The molecule has 0 bridgehead atoms. The summed E-state index contributed by atoms with van der Waals surface area (Å²) < 4.78 is 38.3. The van der Waals surface area contributed by atoms with Crippen LogP contribution in [0.25, 0.3) is 0 Å². The van der Waals surface area contributed by atoms with Gasteiger partial charge in [0.1, 0.15) is 5.82 Å². The number of piperidine rings is 1. The first kappa shape index (κ1) is 14.8. The van der Waals surface area contributed by atoms with E-state index >= 15 is 0 Å². The number of alkyl halides is 3. The second-order valence-corrected chi connectivity index (χ2v) is 5.06. The minimum absolute atomic E-state index is 0.149. The van der Waals surface area contributed by atoms with Crippen LogP contribution < -0.4 is 16.2 Å². The van der Waals surface area contributed by atoms with Gasteiger partial charge >= 0.3 is 6.18 Å². The minimum atomic E-state index is -4.56. The van der Waals surface area contributed by atoms with E-state index in [0.29, 0.717) is 25.9 Å². The highest BCUT2D eigenvalue weighted by atomic mass is 19.4. The quantitative estimate of drug-likeness (QED) is 0.559. The van der Waals surface area contributed by atoms with E-state index in [1.165, 1.54) is 0 Å². The largest absolute Gasteiger partial charge is 0.433 e. The second kappa shape index (κ2) is 5.06. The zero-order valence-electron chi connectivity index (χ0n) is 10.9. The number of hydrazine groups is 1. The maximum absolute atomic E-state index is 12.8. The van der Waals surface area contributed by atoms with Crippen molar-refractivity contribution in [2.45, 2.75) is 31.5 Å². The van der Waals surface area contributed by atoms with E-state index in [4.69, 9.17) is 5.84 Å². The number of hydrogen-bond donors (Lipinski definition) is 3. The van der Waals surface area contributed by atoms with Gasteiger partial charge in [-0.2, -0.15) is 18.2 Å². The maximum atomic E-state index is 12.8. The van der Waals surface area contributed by atoms with Crippen molar-refractivity contribution < 1.29 is 18.3 Å². The van der Waals surface area contributed by atoms with Crippen LogP contribution in [0.2, 0.25) is 0 Å². The van der Waals surface area contributed by atoms with Crippen LogP contribution >= 0.6 is 0 Å². The van der Waals surface area contributed by atoms with Crippen molar-refractivity contribution in [3.8, 4) is 0 Å². The molecule has 4 N–H and O–H groups in total. The molecule has 0 unspecified atom stereocenters. The lowest BCUT2D eigenvalue weighted by Crippen LogP contribution is -2.43. The number of nitrogens with one attached hydrogen (secondary N) is 1. The number of aromatic nitrogens is 2. The van der Waals surface area contributed by atoms with Gasteiger partial charge in [-0.1, -0.05) is 0 Å². The fraction of sp³-hybridized carbons (Fsp3) is 0.636. The molecule has 112 valence electrons. The summed E-state index contributed by atoms with van der Waals surface area (Å²) in [6, 6.07) is 0.890. The Morgan fingerprint density at radius 1 is 1.35 bits per heavy atom. The van der Waals surface area contributed by atoms with Gasteiger partial charge in [0, 0.05) is 19.2 Å². The third kappa shape index (κ3) is 3.28. The summed E-state index contributed by atoms with van der Waals surface area (Å²) in [6.07, 6.45) is -3.64. The first-order valence-corrected chi connectivity index (χ1v) is 6.11. The molecule has 1 aromatic rings. The van der Waals surface area contributed by atoms with Crippen LogP contribution in [0.4, 0.5) is 24.9 Å². The predicted molar refractivity (Wildman–Crippen MR) is 66.9 cm³/mol. The number of nitrogen functional groups attached to an aromatic ring is 1. The summed E-state index contributed by atoms with van der Waals surface area (Å²) in [6.45, 7) is 2.55. The summed E-state index contributed by atoms with van der Waals surface area (Å²) in [4.78, 5) is 8.91. The number of aliphatic hydroxyl groups is 1. The Morgan fingerprint density at radius 3 is 2.45 bits per heavy atom. The summed E-state index contributed by atoms with van der Waals surface area (Å²) in [5.41, 5.74) is 0.202. The minimum Gasteiger partial charge on any atom is -0.390 e. The molecule has 0 aliphatic carbocycles. The van der Waals surface area contributed by atoms with Gasteiger partial charge < -0.3 is 10.0 Å². The van der Waals surface area contributed by atoms with Gasteiger partial charge in [0.25, 0.3) is 0 Å². The van der Waals surface area contributed by atoms with Crippen LogP contribution in [0.1, 0.15) is 25.5 Å². The average molecular weight is 291 g/mol. The van der Waals surface area contributed by atoms with Gasteiger partial charge in [0.15, 0.2) is 5.69 Å². The Hall–Kier alpha value is -1.61. The summed E-state index contributed by atoms with van der Waals surface area (Å²) in [7, 11) is 0. The number of nitrogens with two attached hydrogens (primary N) is 1. The van der Waals surface area contributed by atoms with Crippen molar-refractivity contribution >= 4 is 11.8 Å². The molecule has 2 heterocycles. The first-order chi connectivity index (χ1) is 9.21. The lowest BCUT2D eigenvalue weighted by molar-refractivity contribution is -0.141. The Labute approximate surface area is 113 Å². The molecule has 0 saturated carbocycles. The number of nitrogens with zero attached hydrogens (tertiary/aromatic N) is 3. The van der Waals surface area contributed by atoms with Gasteiger partial charge in [-0.05, 0) is 19.8 Å². The molecule has 1 fully saturated rings. The van der Waals surface area contributed by atoms with Crippen molar-refractivity contribution in [2.75, 3.05) is 23.4 Å². The predicted octanol–water partition coefficient (Wildman–Crippen LogP) is 1.13. The van der Waals surface area contributed by atoms with E-state index in [2.05, 4.69) is 9.97 Å². The molecule has 1 aliphatic rings. The van der Waals surface area contributed by atoms with E-state index in [1.807, 2.05) is 5.43 Å². The molecule has 0 radical (unpaired) electrons. The van der Waals surface area contributed by atoms with Gasteiger partial charge in [-0.25, -0.2) is 10.8 Å². The fourth-order valence-electron chi connectivity index (χ4n) is 2.02. The number of rotatable bonds is 2. The summed E-state index contributed by atoms with van der Waals surface area (Å²) in [5.74, 6) is 4.97. The molecular weight excluding hydrogens is 275 g/mol. The standard InChI is InChI=1S/C11H16F3N5O/c1-10(20)2-4-19(5-3-10)8-6-7(11(12,13)14)16-9(17-8)18-15/h6,20H,2-5,15H2,1H3,(H,16,17,18). The lowest BCUT2D eigenvalue weighted by Gasteiger charge is -2.36. The molecular formula is C11H16F3N5O. The number of hydrogen-bond acceptors (Lipinski definition) is 6. The molecule has 0 aromatic carbocycles. The van der Waals surface area contributed by atoms with Crippen molar-refractivity contribution in [3.05, 3.63) is 11.8 Å². The molecule has 6 nitrogen and oxygen atoms in total. The number of halogens is 3. The van der Waals surface area contributed by atoms with Gasteiger partial charge in [-0.3, -0.25) is 5.43 Å². The molecule has 1 saturated heterocycles. The smallest absolute Gasteiger partial charge is 0.390 e. The van der Waals surface area contributed by atoms with Gasteiger partial charge in [0.05, 0.1) is 5.60 Å². The molecule has 0 atom stereocenters. The molecule has 0 spiro atoms. The van der Waals surface area contributed by atoms with Crippen molar-refractivity contribution in [3.63, 3.8) is 0 Å². The first-order valence-electron chi connectivity index (χ1n) is 6.11. The molecule has 1 aliphatic heterocycles.